The van der Waals surface area contributed by atoms with E-state index in [0.717, 1.165) is 11.1 Å². The maximum Gasteiger partial charge on any atom is 0.264 e. The number of carbonyl (C=O) groups is 1. The smallest absolute Gasteiger partial charge is 0.264 e. The molecule has 0 heterocycles. The molecule has 3 aromatic rings. The highest BCUT2D eigenvalue weighted by Gasteiger charge is 2.23. The number of carbonyl (C=O) groups excluding carboxylic acids is 1. The Labute approximate surface area is 184 Å². The van der Waals surface area contributed by atoms with Gasteiger partial charge >= 0.3 is 0 Å². The first kappa shape index (κ1) is 22.6. The van der Waals surface area contributed by atoms with Gasteiger partial charge in [0.15, 0.2) is 0 Å². The van der Waals surface area contributed by atoms with Crippen LogP contribution >= 0.6 is 0 Å². The molecule has 0 aliphatic carbocycles. The zero-order valence-electron chi connectivity index (χ0n) is 18.5. The van der Waals surface area contributed by atoms with Crippen molar-refractivity contribution >= 4 is 21.6 Å². The van der Waals surface area contributed by atoms with E-state index < -0.39 is 10.0 Å². The minimum absolute atomic E-state index is 0.144. The van der Waals surface area contributed by atoms with Crippen LogP contribution in [0.2, 0.25) is 0 Å². The summed E-state index contributed by atoms with van der Waals surface area (Å²) < 4.78 is 27.1. The number of rotatable bonds is 6. The number of amides is 1. The molecule has 0 saturated heterocycles. The van der Waals surface area contributed by atoms with E-state index in [1.165, 1.54) is 16.9 Å². The molecule has 0 spiro atoms. The molecular formula is C25H28N2O3S. The van der Waals surface area contributed by atoms with Gasteiger partial charge in [-0.15, -0.1) is 0 Å². The van der Waals surface area contributed by atoms with Gasteiger partial charge in [0.05, 0.1) is 16.6 Å². The number of benzene rings is 3. The van der Waals surface area contributed by atoms with Crippen LogP contribution in [0, 0.1) is 20.8 Å². The Morgan fingerprint density at radius 2 is 1.58 bits per heavy atom. The van der Waals surface area contributed by atoms with Crippen LogP contribution in [0.5, 0.6) is 0 Å². The average molecular weight is 437 g/mol. The molecule has 0 aliphatic rings. The van der Waals surface area contributed by atoms with E-state index in [-0.39, 0.29) is 16.8 Å². The van der Waals surface area contributed by atoms with Crippen molar-refractivity contribution in [2.24, 2.45) is 0 Å². The lowest BCUT2D eigenvalue weighted by atomic mass is 10.00. The van der Waals surface area contributed by atoms with Gasteiger partial charge in [-0.25, -0.2) is 8.42 Å². The van der Waals surface area contributed by atoms with Crippen molar-refractivity contribution < 1.29 is 13.2 Å². The zero-order chi connectivity index (χ0) is 22.8. The average Bonchev–Trinajstić information content (AvgIpc) is 2.73. The third kappa shape index (κ3) is 4.80. The summed E-state index contributed by atoms with van der Waals surface area (Å²) in [6.07, 6.45) is 0. The standard InChI is InChI=1S/C25H28N2O3S/c1-17-11-13-23(18(2)15-17)20(4)26-25(28)21-12-14-24(19(3)16-21)27(5)31(29,30)22-9-7-6-8-10-22/h6-16,20H,1-5H3,(H,26,28)/t20-/m1/s1. The van der Waals surface area contributed by atoms with Crippen molar-refractivity contribution in [2.45, 2.75) is 38.6 Å². The lowest BCUT2D eigenvalue weighted by molar-refractivity contribution is 0.0939. The van der Waals surface area contributed by atoms with E-state index in [9.17, 15) is 13.2 Å². The number of hydrogen-bond donors (Lipinski definition) is 1. The fourth-order valence-electron chi connectivity index (χ4n) is 3.70. The van der Waals surface area contributed by atoms with E-state index in [1.807, 2.05) is 32.9 Å². The van der Waals surface area contributed by atoms with Gasteiger partial charge in [0.2, 0.25) is 0 Å². The molecule has 0 aliphatic heterocycles. The monoisotopic (exact) mass is 436 g/mol. The molecule has 0 unspecified atom stereocenters. The van der Waals surface area contributed by atoms with Gasteiger partial charge in [0.25, 0.3) is 15.9 Å². The second-order valence-corrected chi connectivity index (χ2v) is 9.81. The van der Waals surface area contributed by atoms with Crippen molar-refractivity contribution in [3.05, 3.63) is 94.5 Å². The molecule has 0 saturated carbocycles. The Bertz CT molecular complexity index is 1200. The van der Waals surface area contributed by atoms with Crippen molar-refractivity contribution in [2.75, 3.05) is 11.4 Å². The van der Waals surface area contributed by atoms with Crippen LogP contribution in [-0.4, -0.2) is 21.4 Å². The van der Waals surface area contributed by atoms with Crippen molar-refractivity contribution in [1.29, 1.82) is 0 Å². The number of nitrogens with one attached hydrogen (secondary N) is 1. The summed E-state index contributed by atoms with van der Waals surface area (Å²) in [5.41, 5.74) is 5.11. The highest BCUT2D eigenvalue weighted by molar-refractivity contribution is 7.92. The van der Waals surface area contributed by atoms with Crippen molar-refractivity contribution in [3.8, 4) is 0 Å². The summed E-state index contributed by atoms with van der Waals surface area (Å²) in [4.78, 5) is 13.0. The summed E-state index contributed by atoms with van der Waals surface area (Å²) in [6, 6.07) is 19.4. The molecule has 0 aromatic heterocycles. The molecule has 0 bridgehead atoms. The summed E-state index contributed by atoms with van der Waals surface area (Å²) in [5.74, 6) is -0.198. The van der Waals surface area contributed by atoms with E-state index in [1.54, 1.807) is 55.5 Å². The van der Waals surface area contributed by atoms with Gasteiger partial charge in [-0.05, 0) is 74.7 Å². The van der Waals surface area contributed by atoms with Gasteiger partial charge in [-0.1, -0.05) is 42.0 Å². The molecule has 0 fully saturated rings. The molecule has 5 nitrogen and oxygen atoms in total. The van der Waals surface area contributed by atoms with Crippen LogP contribution in [0.15, 0.2) is 71.6 Å². The molecule has 3 aromatic carbocycles. The summed E-state index contributed by atoms with van der Waals surface area (Å²) in [5, 5.41) is 3.03. The topological polar surface area (TPSA) is 66.5 Å². The second-order valence-electron chi connectivity index (χ2n) is 7.84. The normalized spacial score (nSPS) is 12.3. The van der Waals surface area contributed by atoms with Gasteiger partial charge in [0, 0.05) is 12.6 Å². The minimum Gasteiger partial charge on any atom is -0.346 e. The molecule has 31 heavy (non-hydrogen) atoms. The first-order chi connectivity index (χ1) is 14.6. The van der Waals surface area contributed by atoms with Crippen LogP contribution in [0.1, 0.15) is 45.6 Å². The molecule has 1 N–H and O–H groups in total. The molecule has 162 valence electrons. The van der Waals surface area contributed by atoms with Crippen LogP contribution in [0.25, 0.3) is 0 Å². The number of aryl methyl sites for hydroxylation is 3. The fourth-order valence-corrected chi connectivity index (χ4v) is 4.98. The predicted octanol–water partition coefficient (Wildman–Crippen LogP) is 4.93. The van der Waals surface area contributed by atoms with Gasteiger partial charge in [0.1, 0.15) is 0 Å². The van der Waals surface area contributed by atoms with Crippen LogP contribution < -0.4 is 9.62 Å². The Morgan fingerprint density at radius 3 is 2.19 bits per heavy atom. The number of hydrogen-bond acceptors (Lipinski definition) is 3. The van der Waals surface area contributed by atoms with E-state index in [2.05, 4.69) is 11.4 Å². The third-order valence-corrected chi connectivity index (χ3v) is 7.22. The molecule has 3 rings (SSSR count). The molecule has 0 radical (unpaired) electrons. The Balaban J connectivity index is 1.81. The Kier molecular flexibility index (Phi) is 6.51. The number of anilines is 1. The summed E-state index contributed by atoms with van der Waals surface area (Å²) >= 11 is 0. The van der Waals surface area contributed by atoms with Crippen LogP contribution in [-0.2, 0) is 10.0 Å². The third-order valence-electron chi connectivity index (χ3n) is 5.44. The van der Waals surface area contributed by atoms with Crippen molar-refractivity contribution in [1.82, 2.24) is 5.32 Å². The quantitative estimate of drug-likeness (QED) is 0.596. The second kappa shape index (κ2) is 8.94. The zero-order valence-corrected chi connectivity index (χ0v) is 19.3. The molecule has 6 heteroatoms. The van der Waals surface area contributed by atoms with Gasteiger partial charge in [-0.2, -0.15) is 0 Å². The fraction of sp³-hybridized carbons (Fsp3) is 0.240. The largest absolute Gasteiger partial charge is 0.346 e. The van der Waals surface area contributed by atoms with E-state index in [4.69, 9.17) is 0 Å². The lowest BCUT2D eigenvalue weighted by Gasteiger charge is -2.22. The Hall–Kier alpha value is -3.12. The summed E-state index contributed by atoms with van der Waals surface area (Å²) in [7, 11) is -2.16. The van der Waals surface area contributed by atoms with Crippen LogP contribution in [0.3, 0.4) is 0 Å². The highest BCUT2D eigenvalue weighted by atomic mass is 32.2. The van der Waals surface area contributed by atoms with E-state index in [0.29, 0.717) is 16.8 Å². The van der Waals surface area contributed by atoms with Gasteiger partial charge in [-0.3, -0.25) is 9.10 Å². The maximum absolute atomic E-state index is 12.9. The Morgan fingerprint density at radius 1 is 0.903 bits per heavy atom. The van der Waals surface area contributed by atoms with Crippen LogP contribution in [0.4, 0.5) is 5.69 Å². The van der Waals surface area contributed by atoms with Gasteiger partial charge < -0.3 is 5.32 Å². The highest BCUT2D eigenvalue weighted by Crippen LogP contribution is 2.26. The van der Waals surface area contributed by atoms with Crippen molar-refractivity contribution in [3.63, 3.8) is 0 Å². The first-order valence-electron chi connectivity index (χ1n) is 10.1. The summed E-state index contributed by atoms with van der Waals surface area (Å²) in [6.45, 7) is 7.83. The van der Waals surface area contributed by atoms with E-state index >= 15 is 0 Å². The molecule has 1 amide bonds. The predicted molar refractivity (Wildman–Crippen MR) is 125 cm³/mol. The number of nitrogens with zero attached hydrogens (tertiary/aromatic N) is 1. The molecule has 1 atom stereocenters. The molecular weight excluding hydrogens is 408 g/mol. The number of sulfonamides is 1. The SMILES string of the molecule is Cc1ccc([C@@H](C)NC(=O)c2ccc(N(C)S(=O)(=O)c3ccccc3)c(C)c2)c(C)c1. The maximum atomic E-state index is 12.9. The minimum atomic E-state index is -3.68. The lowest BCUT2D eigenvalue weighted by Crippen LogP contribution is -2.28. The first-order valence-corrected chi connectivity index (χ1v) is 11.6.